The van der Waals surface area contributed by atoms with Crippen molar-refractivity contribution in [3.8, 4) is 11.8 Å². The Morgan fingerprint density at radius 2 is 0.824 bits per heavy atom. The highest BCUT2D eigenvalue weighted by molar-refractivity contribution is 7.87. The molecule has 0 aliphatic rings. The van der Waals surface area contributed by atoms with E-state index in [-0.39, 0.29) is 0 Å². The molecule has 5 aromatic carbocycles. The molecule has 0 heterocycles. The van der Waals surface area contributed by atoms with Crippen LogP contribution in [0.3, 0.4) is 0 Å². The highest BCUT2D eigenvalue weighted by atomic mass is 31.2. The molecule has 162 valence electrons. The Balaban J connectivity index is 1.82. The van der Waals surface area contributed by atoms with Crippen molar-refractivity contribution in [1.29, 1.82) is 0 Å². The van der Waals surface area contributed by atoms with E-state index in [0.717, 1.165) is 16.8 Å². The molecule has 34 heavy (non-hydrogen) atoms. The molecule has 0 saturated heterocycles. The Hall–Kier alpha value is -4.11. The quantitative estimate of drug-likeness (QED) is 0.207. The van der Waals surface area contributed by atoms with E-state index in [1.165, 1.54) is 15.9 Å². The summed E-state index contributed by atoms with van der Waals surface area (Å²) >= 11 is 0. The van der Waals surface area contributed by atoms with Crippen LogP contribution in [0.2, 0.25) is 0 Å². The van der Waals surface area contributed by atoms with Crippen LogP contribution in [0.4, 0.5) is 5.69 Å². The number of benzene rings is 5. The van der Waals surface area contributed by atoms with E-state index in [1.807, 2.05) is 42.5 Å². The van der Waals surface area contributed by atoms with Crippen molar-refractivity contribution in [2.45, 2.75) is 0 Å². The summed E-state index contributed by atoms with van der Waals surface area (Å²) in [6.45, 7) is 0. The van der Waals surface area contributed by atoms with E-state index < -0.39 is 7.05 Å². The van der Waals surface area contributed by atoms with Gasteiger partial charge in [-0.15, -0.1) is 0 Å². The molecule has 1 nitrogen and oxygen atoms in total. The van der Waals surface area contributed by atoms with Gasteiger partial charge in [0.15, 0.2) is 0 Å². The van der Waals surface area contributed by atoms with Crippen LogP contribution >= 0.6 is 7.05 Å². The molecular weight excluding hydrogens is 429 g/mol. The van der Waals surface area contributed by atoms with Crippen molar-refractivity contribution in [3.05, 3.63) is 157 Å². The second-order valence-electron chi connectivity index (χ2n) is 7.88. The third-order valence-electron chi connectivity index (χ3n) is 5.67. The average molecular weight is 454 g/mol. The van der Waals surface area contributed by atoms with Crippen molar-refractivity contribution in [1.82, 2.24) is 0 Å². The predicted octanol–water partition coefficient (Wildman–Crippen LogP) is 6.90. The number of nitrogens with zero attached hydrogens (tertiary/aromatic N) is 1. The second-order valence-corrected chi connectivity index (χ2v) is 10.9. The fourth-order valence-electron chi connectivity index (χ4n) is 4.04. The van der Waals surface area contributed by atoms with Gasteiger partial charge >= 0.3 is 0 Å². The van der Waals surface area contributed by atoms with Gasteiger partial charge in [-0.3, -0.25) is 4.74 Å². The summed E-state index contributed by atoms with van der Waals surface area (Å²) in [6.07, 6.45) is 0. The van der Waals surface area contributed by atoms with Crippen LogP contribution in [0.1, 0.15) is 11.1 Å². The van der Waals surface area contributed by atoms with E-state index in [1.54, 1.807) is 0 Å². The first-order valence-corrected chi connectivity index (χ1v) is 13.1. The summed E-state index contributed by atoms with van der Waals surface area (Å²) in [6, 6.07) is 50.3. The third kappa shape index (κ3) is 4.51. The summed E-state index contributed by atoms with van der Waals surface area (Å²) < 4.78 is 5.62. The monoisotopic (exact) mass is 453 g/mol. The lowest BCUT2D eigenvalue weighted by atomic mass is 10.1. The van der Waals surface area contributed by atoms with Gasteiger partial charge in [0, 0.05) is 21.5 Å². The number of rotatable bonds is 4. The lowest BCUT2D eigenvalue weighted by molar-refractivity contribution is 1.51. The smallest absolute Gasteiger partial charge is 0.0781 e. The van der Waals surface area contributed by atoms with Gasteiger partial charge in [-0.05, 0) is 24.3 Å². The predicted molar refractivity (Wildman–Crippen MR) is 146 cm³/mol. The lowest BCUT2D eigenvalue weighted by Gasteiger charge is -2.27. The molecule has 2 heteroatoms. The van der Waals surface area contributed by atoms with Crippen LogP contribution in [0.15, 0.2) is 150 Å². The van der Waals surface area contributed by atoms with E-state index in [0.29, 0.717) is 0 Å². The van der Waals surface area contributed by atoms with Crippen LogP contribution in [-0.2, 0) is 0 Å². The molecule has 0 fully saturated rings. The molecule has 5 aromatic rings. The van der Waals surface area contributed by atoms with Crippen LogP contribution in [0.25, 0.3) is 0 Å². The van der Waals surface area contributed by atoms with Gasteiger partial charge in [-0.1, -0.05) is 133 Å². The van der Waals surface area contributed by atoms with Crippen molar-refractivity contribution in [2.24, 2.45) is 4.74 Å². The zero-order chi connectivity index (χ0) is 23.1. The zero-order valence-corrected chi connectivity index (χ0v) is 19.6. The Labute approximate surface area is 201 Å². The standard InChI is InChI=1S/C32H24NP/c1-5-15-27(16-6-1)25-26-28-17-13-14-24-32(28)33-34(29-18-7-2-8-19-29,30-20-9-3-10-21-30)31-22-11-4-12-23-31/h1-24H. The van der Waals surface area contributed by atoms with Crippen molar-refractivity contribution < 1.29 is 0 Å². The Kier molecular flexibility index (Phi) is 6.53. The van der Waals surface area contributed by atoms with Crippen LogP contribution < -0.4 is 15.9 Å². The normalized spacial score (nSPS) is 10.7. The maximum absolute atomic E-state index is 5.62. The molecule has 0 N–H and O–H groups in total. The van der Waals surface area contributed by atoms with Crippen LogP contribution in [0.5, 0.6) is 0 Å². The summed E-state index contributed by atoms with van der Waals surface area (Å²) in [4.78, 5) is 0. The van der Waals surface area contributed by atoms with Gasteiger partial charge in [0.1, 0.15) is 0 Å². The van der Waals surface area contributed by atoms with Crippen molar-refractivity contribution in [3.63, 3.8) is 0 Å². The topological polar surface area (TPSA) is 12.4 Å². The molecule has 0 amide bonds. The van der Waals surface area contributed by atoms with Gasteiger partial charge in [-0.25, -0.2) is 0 Å². The zero-order valence-electron chi connectivity index (χ0n) is 18.8. The molecule has 0 aliphatic heterocycles. The maximum atomic E-state index is 5.62. The summed E-state index contributed by atoms with van der Waals surface area (Å²) in [5, 5.41) is 3.66. The fourth-order valence-corrected chi connectivity index (χ4v) is 7.59. The van der Waals surface area contributed by atoms with Gasteiger partial charge in [0.2, 0.25) is 0 Å². The highest BCUT2D eigenvalue weighted by Crippen LogP contribution is 2.49. The summed E-state index contributed by atoms with van der Waals surface area (Å²) in [5.41, 5.74) is 2.84. The minimum atomic E-state index is -2.34. The first-order valence-electron chi connectivity index (χ1n) is 11.3. The molecule has 0 bridgehead atoms. The first-order chi connectivity index (χ1) is 16.9. The first kappa shape index (κ1) is 21.7. The summed E-state index contributed by atoms with van der Waals surface area (Å²) in [5.74, 6) is 6.69. The molecule has 0 unspecified atom stereocenters. The highest BCUT2D eigenvalue weighted by Gasteiger charge is 2.27. The molecular formula is C32H24NP. The van der Waals surface area contributed by atoms with Crippen molar-refractivity contribution in [2.75, 3.05) is 0 Å². The number of hydrogen-bond acceptors (Lipinski definition) is 1. The third-order valence-corrected chi connectivity index (χ3v) is 9.32. The summed E-state index contributed by atoms with van der Waals surface area (Å²) in [7, 11) is -2.34. The van der Waals surface area contributed by atoms with Gasteiger partial charge in [-0.2, -0.15) is 0 Å². The lowest BCUT2D eigenvalue weighted by Crippen LogP contribution is -2.25. The molecule has 0 aliphatic carbocycles. The minimum Gasteiger partial charge on any atom is -0.253 e. The van der Waals surface area contributed by atoms with Crippen molar-refractivity contribution >= 4 is 28.7 Å². The van der Waals surface area contributed by atoms with Crippen LogP contribution in [-0.4, -0.2) is 0 Å². The molecule has 5 rings (SSSR count). The molecule has 0 radical (unpaired) electrons. The molecule has 0 atom stereocenters. The fraction of sp³-hybridized carbons (Fsp3) is 0. The van der Waals surface area contributed by atoms with Crippen LogP contribution in [0, 0.1) is 11.8 Å². The van der Waals surface area contributed by atoms with E-state index in [2.05, 4.69) is 115 Å². The van der Waals surface area contributed by atoms with E-state index in [4.69, 9.17) is 4.74 Å². The molecule has 0 aromatic heterocycles. The molecule has 0 saturated carbocycles. The SMILES string of the molecule is C(#Cc1ccccc1N=P(c1ccccc1)(c1ccccc1)c1ccccc1)c1ccccc1. The second kappa shape index (κ2) is 10.2. The van der Waals surface area contributed by atoms with E-state index in [9.17, 15) is 0 Å². The Morgan fingerprint density at radius 1 is 0.412 bits per heavy atom. The van der Waals surface area contributed by atoms with E-state index >= 15 is 0 Å². The van der Waals surface area contributed by atoms with Gasteiger partial charge < -0.3 is 0 Å². The Morgan fingerprint density at radius 3 is 1.32 bits per heavy atom. The minimum absolute atomic E-state index is 0.913. The largest absolute Gasteiger partial charge is 0.253 e. The van der Waals surface area contributed by atoms with Gasteiger partial charge in [0.25, 0.3) is 0 Å². The molecule has 0 spiro atoms. The maximum Gasteiger partial charge on any atom is 0.0781 e. The Bertz CT molecular complexity index is 1380. The number of hydrogen-bond donors (Lipinski definition) is 0. The average Bonchev–Trinajstić information content (AvgIpc) is 2.93. The van der Waals surface area contributed by atoms with Gasteiger partial charge in [0.05, 0.1) is 18.3 Å².